The molecule has 5 nitrogen and oxygen atoms in total. The van der Waals surface area contributed by atoms with Crippen molar-refractivity contribution in [1.82, 2.24) is 10.6 Å². The van der Waals surface area contributed by atoms with Gasteiger partial charge in [-0.1, -0.05) is 22.9 Å². The third-order valence-electron chi connectivity index (χ3n) is 2.94. The molecule has 3 N–H and O–H groups in total. The van der Waals surface area contributed by atoms with Gasteiger partial charge in [-0.25, -0.2) is 0 Å². The number of aryl methyl sites for hydroxylation is 1. The molecule has 0 unspecified atom stereocenters. The molecule has 7 heteroatoms. The van der Waals surface area contributed by atoms with Crippen LogP contribution in [0.3, 0.4) is 0 Å². The summed E-state index contributed by atoms with van der Waals surface area (Å²) in [5.74, 6) is 0.751. The van der Waals surface area contributed by atoms with Gasteiger partial charge in [-0.05, 0) is 44.0 Å². The monoisotopic (exact) mass is 496 g/mol. The fraction of sp³-hybridized carbons (Fsp3) is 0.500. The minimum absolute atomic E-state index is 0. The minimum Gasteiger partial charge on any atom is -0.357 e. The van der Waals surface area contributed by atoms with Gasteiger partial charge in [0.05, 0.1) is 0 Å². The maximum Gasteiger partial charge on any atom is 0.226 e. The predicted molar refractivity (Wildman–Crippen MR) is 112 cm³/mol. The van der Waals surface area contributed by atoms with Gasteiger partial charge in [0, 0.05) is 36.2 Å². The van der Waals surface area contributed by atoms with Gasteiger partial charge in [0.15, 0.2) is 5.96 Å². The van der Waals surface area contributed by atoms with Crippen molar-refractivity contribution in [1.29, 1.82) is 0 Å². The van der Waals surface area contributed by atoms with E-state index in [1.165, 1.54) is 0 Å². The molecule has 1 amide bonds. The van der Waals surface area contributed by atoms with Crippen molar-refractivity contribution in [3.05, 3.63) is 28.2 Å². The van der Waals surface area contributed by atoms with Gasteiger partial charge in [-0.2, -0.15) is 0 Å². The zero-order valence-corrected chi connectivity index (χ0v) is 17.8. The van der Waals surface area contributed by atoms with Crippen molar-refractivity contribution < 1.29 is 4.79 Å². The Balaban J connectivity index is 0.00000484. The highest BCUT2D eigenvalue weighted by Crippen LogP contribution is 2.19. The van der Waals surface area contributed by atoms with E-state index in [1.54, 1.807) is 0 Å². The van der Waals surface area contributed by atoms with Crippen LogP contribution in [0.1, 0.15) is 32.3 Å². The highest BCUT2D eigenvalue weighted by Gasteiger charge is 2.05. The highest BCUT2D eigenvalue weighted by atomic mass is 127. The van der Waals surface area contributed by atoms with Crippen LogP contribution in [0.5, 0.6) is 0 Å². The van der Waals surface area contributed by atoms with Crippen LogP contribution in [-0.4, -0.2) is 31.5 Å². The summed E-state index contributed by atoms with van der Waals surface area (Å²) in [6.45, 7) is 8.21. The van der Waals surface area contributed by atoms with Crippen molar-refractivity contribution in [3.8, 4) is 0 Å². The van der Waals surface area contributed by atoms with Crippen molar-refractivity contribution >= 4 is 57.5 Å². The molecule has 0 aliphatic heterocycles. The van der Waals surface area contributed by atoms with Gasteiger partial charge >= 0.3 is 0 Å². The number of carbonyl (C=O) groups excluding carboxylic acids is 1. The van der Waals surface area contributed by atoms with Gasteiger partial charge in [-0.3, -0.25) is 9.79 Å². The maximum absolute atomic E-state index is 12.0. The summed E-state index contributed by atoms with van der Waals surface area (Å²) in [4.78, 5) is 16.4. The zero-order chi connectivity index (χ0) is 16.4. The summed E-state index contributed by atoms with van der Waals surface area (Å²) in [5.41, 5.74) is 1.88. The van der Waals surface area contributed by atoms with Crippen LogP contribution in [0.25, 0.3) is 0 Å². The molecular weight excluding hydrogens is 471 g/mol. The Morgan fingerprint density at radius 1 is 1.26 bits per heavy atom. The second-order valence-corrected chi connectivity index (χ2v) is 5.86. The summed E-state index contributed by atoms with van der Waals surface area (Å²) in [5, 5.41) is 9.25. The van der Waals surface area contributed by atoms with Crippen LogP contribution >= 0.6 is 39.9 Å². The number of nitrogens with zero attached hydrogens (tertiary/aromatic N) is 1. The van der Waals surface area contributed by atoms with Crippen LogP contribution in [0.4, 0.5) is 5.69 Å². The quantitative estimate of drug-likeness (QED) is 0.306. The molecular formula is C16H26BrIN4O. The van der Waals surface area contributed by atoms with Gasteiger partial charge < -0.3 is 16.0 Å². The lowest BCUT2D eigenvalue weighted by Gasteiger charge is -2.12. The van der Waals surface area contributed by atoms with E-state index in [1.807, 2.05) is 32.0 Å². The Kier molecular flexibility index (Phi) is 12.1. The molecule has 0 atom stereocenters. The maximum atomic E-state index is 12.0. The van der Waals surface area contributed by atoms with Crippen LogP contribution in [0.2, 0.25) is 0 Å². The number of hydrogen-bond donors (Lipinski definition) is 3. The van der Waals surface area contributed by atoms with Gasteiger partial charge in [0.1, 0.15) is 0 Å². The zero-order valence-electron chi connectivity index (χ0n) is 13.9. The van der Waals surface area contributed by atoms with E-state index in [-0.39, 0.29) is 29.9 Å². The molecule has 1 rings (SSSR count). The Hall–Kier alpha value is -0.830. The molecule has 0 bridgehead atoms. The van der Waals surface area contributed by atoms with E-state index >= 15 is 0 Å². The van der Waals surface area contributed by atoms with E-state index in [4.69, 9.17) is 0 Å². The fourth-order valence-electron chi connectivity index (χ4n) is 1.84. The SMILES string of the molecule is CCCN=C(NCC)NCCC(=O)Nc1ccc(Br)cc1C.I. The Morgan fingerprint density at radius 3 is 2.61 bits per heavy atom. The molecule has 0 fully saturated rings. The van der Waals surface area contributed by atoms with Crippen molar-refractivity contribution in [2.45, 2.75) is 33.6 Å². The first-order valence-electron chi connectivity index (χ1n) is 7.65. The minimum atomic E-state index is -0.00994. The smallest absolute Gasteiger partial charge is 0.226 e. The number of guanidine groups is 1. The third-order valence-corrected chi connectivity index (χ3v) is 3.44. The van der Waals surface area contributed by atoms with Crippen LogP contribution in [0, 0.1) is 6.92 Å². The fourth-order valence-corrected chi connectivity index (χ4v) is 2.32. The van der Waals surface area contributed by atoms with Crippen LogP contribution < -0.4 is 16.0 Å². The van der Waals surface area contributed by atoms with Crippen LogP contribution in [0.15, 0.2) is 27.7 Å². The first-order chi connectivity index (χ1) is 10.6. The molecule has 1 aromatic rings. The summed E-state index contributed by atoms with van der Waals surface area (Å²) < 4.78 is 1.01. The summed E-state index contributed by atoms with van der Waals surface area (Å²) >= 11 is 3.41. The topological polar surface area (TPSA) is 65.5 Å². The van der Waals surface area contributed by atoms with Gasteiger partial charge in [0.2, 0.25) is 5.91 Å². The highest BCUT2D eigenvalue weighted by molar-refractivity contribution is 14.0. The predicted octanol–water partition coefficient (Wildman–Crippen LogP) is 3.67. The number of halogens is 2. The second-order valence-electron chi connectivity index (χ2n) is 4.94. The molecule has 1 aromatic carbocycles. The average molecular weight is 497 g/mol. The third kappa shape index (κ3) is 9.14. The summed E-state index contributed by atoms with van der Waals surface area (Å²) in [7, 11) is 0. The lowest BCUT2D eigenvalue weighted by atomic mass is 10.2. The van der Waals surface area contributed by atoms with E-state index < -0.39 is 0 Å². The normalized spacial score (nSPS) is 10.7. The first-order valence-corrected chi connectivity index (χ1v) is 8.44. The molecule has 0 spiro atoms. The molecule has 0 aliphatic rings. The van der Waals surface area contributed by atoms with Crippen LogP contribution in [-0.2, 0) is 4.79 Å². The molecule has 0 aromatic heterocycles. The molecule has 23 heavy (non-hydrogen) atoms. The number of rotatable bonds is 7. The lowest BCUT2D eigenvalue weighted by molar-refractivity contribution is -0.116. The number of hydrogen-bond acceptors (Lipinski definition) is 2. The van der Waals surface area contributed by atoms with Gasteiger partial charge in [-0.15, -0.1) is 24.0 Å². The summed E-state index contributed by atoms with van der Waals surface area (Å²) in [6.07, 6.45) is 1.39. The largest absolute Gasteiger partial charge is 0.357 e. The van der Waals surface area contributed by atoms with Gasteiger partial charge in [0.25, 0.3) is 0 Å². The Labute approximate surface area is 164 Å². The number of carbonyl (C=O) groups is 1. The van der Waals surface area contributed by atoms with E-state index in [2.05, 4.69) is 43.8 Å². The standard InChI is InChI=1S/C16H25BrN4O.HI/c1-4-9-19-16(18-5-2)20-10-8-15(22)21-14-7-6-13(17)11-12(14)3;/h6-7,11H,4-5,8-10H2,1-3H3,(H,21,22)(H2,18,19,20);1H. The summed E-state index contributed by atoms with van der Waals surface area (Å²) in [6, 6.07) is 5.80. The molecule has 130 valence electrons. The molecule has 0 saturated heterocycles. The number of nitrogens with one attached hydrogen (secondary N) is 3. The van der Waals surface area contributed by atoms with Crippen molar-refractivity contribution in [3.63, 3.8) is 0 Å². The number of anilines is 1. The lowest BCUT2D eigenvalue weighted by Crippen LogP contribution is -2.38. The average Bonchev–Trinajstić information content (AvgIpc) is 2.47. The van der Waals surface area contributed by atoms with E-state index in [0.717, 1.165) is 41.2 Å². The Morgan fingerprint density at radius 2 is 2.00 bits per heavy atom. The molecule has 0 aliphatic carbocycles. The number of benzene rings is 1. The second kappa shape index (κ2) is 12.6. The number of aliphatic imine (C=N–C) groups is 1. The van der Waals surface area contributed by atoms with E-state index in [0.29, 0.717) is 13.0 Å². The molecule has 0 saturated carbocycles. The molecule has 0 radical (unpaired) electrons. The number of amides is 1. The van der Waals surface area contributed by atoms with Crippen molar-refractivity contribution in [2.75, 3.05) is 25.0 Å². The van der Waals surface area contributed by atoms with E-state index in [9.17, 15) is 4.79 Å². The first kappa shape index (κ1) is 22.2. The molecule has 0 heterocycles. The Bertz CT molecular complexity index is 523. The van der Waals surface area contributed by atoms with Crippen molar-refractivity contribution in [2.24, 2.45) is 4.99 Å².